The standard InChI is InChI=1S/C10H14N2O4/c1-4-12(6(2)3)9(13)7-5-8(10(14)15)16-11-7/h5-6H,4H2,1-3H3,(H,14,15). The van der Waals surface area contributed by atoms with Crippen molar-refractivity contribution in [3.63, 3.8) is 0 Å². The monoisotopic (exact) mass is 226 g/mol. The molecule has 0 aliphatic heterocycles. The van der Waals surface area contributed by atoms with Crippen LogP contribution in [0.5, 0.6) is 0 Å². The van der Waals surface area contributed by atoms with Crippen LogP contribution < -0.4 is 0 Å². The molecule has 0 saturated carbocycles. The Labute approximate surface area is 92.8 Å². The first-order valence-electron chi connectivity index (χ1n) is 4.98. The predicted molar refractivity (Wildman–Crippen MR) is 55.3 cm³/mol. The highest BCUT2D eigenvalue weighted by atomic mass is 16.5. The number of carbonyl (C=O) groups excluding carboxylic acids is 1. The molecule has 1 aromatic rings. The van der Waals surface area contributed by atoms with Gasteiger partial charge in [0.05, 0.1) is 0 Å². The van der Waals surface area contributed by atoms with Crippen LogP contribution in [0.4, 0.5) is 0 Å². The molecule has 0 aliphatic carbocycles. The maximum Gasteiger partial charge on any atom is 0.374 e. The first-order valence-corrected chi connectivity index (χ1v) is 4.98. The summed E-state index contributed by atoms with van der Waals surface area (Å²) >= 11 is 0. The van der Waals surface area contributed by atoms with Crippen molar-refractivity contribution in [1.29, 1.82) is 0 Å². The number of nitrogens with zero attached hydrogens (tertiary/aromatic N) is 2. The third-order valence-electron chi connectivity index (χ3n) is 2.16. The van der Waals surface area contributed by atoms with E-state index in [2.05, 4.69) is 9.68 Å². The number of carboxylic acids is 1. The third kappa shape index (κ3) is 2.39. The predicted octanol–water partition coefficient (Wildman–Crippen LogP) is 1.24. The molecular formula is C10H14N2O4. The summed E-state index contributed by atoms with van der Waals surface area (Å²) in [6, 6.07) is 1.16. The minimum atomic E-state index is -1.24. The van der Waals surface area contributed by atoms with E-state index in [9.17, 15) is 9.59 Å². The highest BCUT2D eigenvalue weighted by molar-refractivity contribution is 5.94. The summed E-state index contributed by atoms with van der Waals surface area (Å²) in [6.45, 7) is 6.13. The largest absolute Gasteiger partial charge is 0.475 e. The molecule has 0 unspecified atom stereocenters. The van der Waals surface area contributed by atoms with Crippen molar-refractivity contribution in [1.82, 2.24) is 10.1 Å². The number of amides is 1. The van der Waals surface area contributed by atoms with Gasteiger partial charge >= 0.3 is 5.97 Å². The zero-order valence-corrected chi connectivity index (χ0v) is 9.43. The van der Waals surface area contributed by atoms with Gasteiger partial charge < -0.3 is 14.5 Å². The normalized spacial score (nSPS) is 10.5. The number of aromatic carboxylic acids is 1. The quantitative estimate of drug-likeness (QED) is 0.835. The molecule has 1 heterocycles. The molecule has 0 bridgehead atoms. The van der Waals surface area contributed by atoms with Crippen LogP contribution in [-0.4, -0.2) is 39.6 Å². The summed E-state index contributed by atoms with van der Waals surface area (Å²) in [4.78, 5) is 24.0. The van der Waals surface area contributed by atoms with E-state index < -0.39 is 5.97 Å². The lowest BCUT2D eigenvalue weighted by molar-refractivity contribution is 0.0646. The second kappa shape index (κ2) is 4.78. The zero-order valence-electron chi connectivity index (χ0n) is 9.43. The highest BCUT2D eigenvalue weighted by Gasteiger charge is 2.22. The van der Waals surface area contributed by atoms with Gasteiger partial charge in [-0.25, -0.2) is 4.79 Å². The SMILES string of the molecule is CCN(C(=O)c1cc(C(=O)O)on1)C(C)C. The topological polar surface area (TPSA) is 83.6 Å². The van der Waals surface area contributed by atoms with Gasteiger partial charge in [-0.1, -0.05) is 5.16 Å². The molecule has 0 aliphatic rings. The van der Waals surface area contributed by atoms with E-state index in [1.54, 1.807) is 4.90 Å². The lowest BCUT2D eigenvalue weighted by Crippen LogP contribution is -2.36. The maximum atomic E-state index is 11.9. The molecule has 0 fully saturated rings. The molecular weight excluding hydrogens is 212 g/mol. The average molecular weight is 226 g/mol. The Bertz CT molecular complexity index is 397. The summed E-state index contributed by atoms with van der Waals surface area (Å²) in [6.07, 6.45) is 0. The van der Waals surface area contributed by atoms with Crippen molar-refractivity contribution in [2.75, 3.05) is 6.54 Å². The Morgan fingerprint density at radius 1 is 1.56 bits per heavy atom. The van der Waals surface area contributed by atoms with Crippen LogP contribution in [0, 0.1) is 0 Å². The van der Waals surface area contributed by atoms with Crippen molar-refractivity contribution in [3.8, 4) is 0 Å². The van der Waals surface area contributed by atoms with Gasteiger partial charge in [0.15, 0.2) is 5.69 Å². The Morgan fingerprint density at radius 2 is 2.19 bits per heavy atom. The molecule has 1 aromatic heterocycles. The first kappa shape index (κ1) is 12.2. The molecule has 1 amide bonds. The molecule has 0 atom stereocenters. The van der Waals surface area contributed by atoms with E-state index in [0.29, 0.717) is 6.54 Å². The van der Waals surface area contributed by atoms with Crippen LogP contribution in [0.1, 0.15) is 41.8 Å². The zero-order chi connectivity index (χ0) is 12.3. The van der Waals surface area contributed by atoms with Gasteiger partial charge in [0, 0.05) is 18.7 Å². The number of aromatic nitrogens is 1. The van der Waals surface area contributed by atoms with Gasteiger partial charge in [-0.05, 0) is 20.8 Å². The molecule has 0 aromatic carbocycles. The lowest BCUT2D eigenvalue weighted by atomic mass is 10.2. The van der Waals surface area contributed by atoms with E-state index >= 15 is 0 Å². The van der Waals surface area contributed by atoms with E-state index in [1.165, 1.54) is 0 Å². The van der Waals surface area contributed by atoms with Gasteiger partial charge in [-0.3, -0.25) is 4.79 Å². The third-order valence-corrected chi connectivity index (χ3v) is 2.16. The molecule has 88 valence electrons. The minimum absolute atomic E-state index is 0.0212. The van der Waals surface area contributed by atoms with E-state index in [4.69, 9.17) is 5.11 Å². The smallest absolute Gasteiger partial charge is 0.374 e. The van der Waals surface area contributed by atoms with Gasteiger partial charge in [0.2, 0.25) is 5.76 Å². The summed E-state index contributed by atoms with van der Waals surface area (Å²) in [7, 11) is 0. The van der Waals surface area contributed by atoms with Crippen LogP contribution in [0.25, 0.3) is 0 Å². The van der Waals surface area contributed by atoms with E-state index in [0.717, 1.165) is 6.07 Å². The fourth-order valence-electron chi connectivity index (χ4n) is 1.37. The fourth-order valence-corrected chi connectivity index (χ4v) is 1.37. The van der Waals surface area contributed by atoms with Crippen molar-refractivity contribution in [2.24, 2.45) is 0 Å². The Morgan fingerprint density at radius 3 is 2.56 bits per heavy atom. The second-order valence-corrected chi connectivity index (χ2v) is 3.57. The van der Waals surface area contributed by atoms with Gasteiger partial charge in [-0.15, -0.1) is 0 Å². The Hall–Kier alpha value is -1.85. The van der Waals surface area contributed by atoms with Crippen LogP contribution in [0.15, 0.2) is 10.6 Å². The summed E-state index contributed by atoms with van der Waals surface area (Å²) < 4.78 is 4.52. The summed E-state index contributed by atoms with van der Waals surface area (Å²) in [5.41, 5.74) is 0.0212. The molecule has 0 radical (unpaired) electrons. The Balaban J connectivity index is 2.91. The molecule has 1 N–H and O–H groups in total. The van der Waals surface area contributed by atoms with Crippen LogP contribution >= 0.6 is 0 Å². The number of rotatable bonds is 4. The lowest BCUT2D eigenvalue weighted by Gasteiger charge is -2.23. The molecule has 16 heavy (non-hydrogen) atoms. The minimum Gasteiger partial charge on any atom is -0.475 e. The van der Waals surface area contributed by atoms with Crippen LogP contribution in [0.3, 0.4) is 0 Å². The van der Waals surface area contributed by atoms with E-state index in [-0.39, 0.29) is 23.4 Å². The summed E-state index contributed by atoms with van der Waals surface area (Å²) in [5.74, 6) is -1.89. The van der Waals surface area contributed by atoms with Crippen LogP contribution in [0.2, 0.25) is 0 Å². The molecule has 6 heteroatoms. The Kier molecular flexibility index (Phi) is 3.65. The molecule has 0 saturated heterocycles. The molecule has 6 nitrogen and oxygen atoms in total. The van der Waals surface area contributed by atoms with Crippen molar-refractivity contribution in [3.05, 3.63) is 17.5 Å². The van der Waals surface area contributed by atoms with Gasteiger partial charge in [-0.2, -0.15) is 0 Å². The second-order valence-electron chi connectivity index (χ2n) is 3.57. The maximum absolute atomic E-state index is 11.9. The fraction of sp³-hybridized carbons (Fsp3) is 0.500. The number of hydrogen-bond donors (Lipinski definition) is 1. The highest BCUT2D eigenvalue weighted by Crippen LogP contribution is 2.09. The van der Waals surface area contributed by atoms with Gasteiger partial charge in [0.25, 0.3) is 5.91 Å². The average Bonchev–Trinajstić information content (AvgIpc) is 2.66. The van der Waals surface area contributed by atoms with Crippen molar-refractivity contribution in [2.45, 2.75) is 26.8 Å². The van der Waals surface area contributed by atoms with E-state index in [1.807, 2.05) is 20.8 Å². The van der Waals surface area contributed by atoms with Crippen LogP contribution in [-0.2, 0) is 0 Å². The van der Waals surface area contributed by atoms with Crippen molar-refractivity contribution >= 4 is 11.9 Å². The number of carboxylic acid groups (broad SMARTS) is 1. The first-order chi connectivity index (χ1) is 7.47. The van der Waals surface area contributed by atoms with Gasteiger partial charge in [0.1, 0.15) is 0 Å². The number of hydrogen-bond acceptors (Lipinski definition) is 4. The number of carbonyl (C=O) groups is 2. The molecule has 1 rings (SSSR count). The van der Waals surface area contributed by atoms with Crippen molar-refractivity contribution < 1.29 is 19.2 Å². The molecule has 0 spiro atoms. The summed E-state index contributed by atoms with van der Waals surface area (Å²) in [5, 5.41) is 12.1.